The zero-order valence-electron chi connectivity index (χ0n) is 14.0. The summed E-state index contributed by atoms with van der Waals surface area (Å²) in [5, 5.41) is 6.07. The number of carbonyl (C=O) groups is 2. The molecular formula is C18H26N4O2. The number of carbonyl (C=O) groups excluding carboxylic acids is 2. The van der Waals surface area contributed by atoms with E-state index in [1.165, 1.54) is 12.8 Å². The van der Waals surface area contributed by atoms with Gasteiger partial charge in [0, 0.05) is 37.1 Å². The molecule has 0 aromatic carbocycles. The first-order valence-electron chi connectivity index (χ1n) is 8.95. The van der Waals surface area contributed by atoms with E-state index in [1.807, 2.05) is 0 Å². The number of likely N-dealkylation sites (tertiary alicyclic amines) is 1. The Balaban J connectivity index is 1.47. The lowest BCUT2D eigenvalue weighted by Crippen LogP contribution is -2.45. The molecule has 0 spiro atoms. The lowest BCUT2D eigenvalue weighted by molar-refractivity contribution is -0.125. The molecule has 1 aromatic heterocycles. The van der Waals surface area contributed by atoms with Gasteiger partial charge in [-0.05, 0) is 50.9 Å². The summed E-state index contributed by atoms with van der Waals surface area (Å²) in [6.45, 7) is 3.90. The van der Waals surface area contributed by atoms with Crippen LogP contribution in [0.1, 0.15) is 42.5 Å². The van der Waals surface area contributed by atoms with Crippen LogP contribution in [0.3, 0.4) is 0 Å². The second-order valence-electron chi connectivity index (χ2n) is 6.69. The third-order valence-corrected chi connectivity index (χ3v) is 5.04. The number of hydrogen-bond donors (Lipinski definition) is 2. The highest BCUT2D eigenvalue weighted by atomic mass is 16.2. The van der Waals surface area contributed by atoms with Crippen molar-refractivity contribution in [3.8, 4) is 0 Å². The summed E-state index contributed by atoms with van der Waals surface area (Å²) < 4.78 is 0. The van der Waals surface area contributed by atoms with Crippen molar-refractivity contribution in [2.75, 3.05) is 26.2 Å². The van der Waals surface area contributed by atoms with Crippen LogP contribution in [0.15, 0.2) is 24.5 Å². The molecule has 2 fully saturated rings. The lowest BCUT2D eigenvalue weighted by Gasteiger charge is -2.21. The van der Waals surface area contributed by atoms with E-state index in [-0.39, 0.29) is 23.8 Å². The van der Waals surface area contributed by atoms with Crippen molar-refractivity contribution in [2.24, 2.45) is 5.92 Å². The molecule has 2 amide bonds. The molecule has 24 heavy (non-hydrogen) atoms. The van der Waals surface area contributed by atoms with Gasteiger partial charge in [0.2, 0.25) is 5.91 Å². The molecule has 1 aliphatic heterocycles. The number of pyridine rings is 1. The van der Waals surface area contributed by atoms with Crippen LogP contribution in [0, 0.1) is 5.92 Å². The minimum atomic E-state index is -0.126. The number of nitrogens with one attached hydrogen (secondary N) is 2. The Morgan fingerprint density at radius 2 is 1.88 bits per heavy atom. The predicted octanol–water partition coefficient (Wildman–Crippen LogP) is 1.19. The Kier molecular flexibility index (Phi) is 5.80. The first kappa shape index (κ1) is 16.9. The molecule has 0 bridgehead atoms. The zero-order chi connectivity index (χ0) is 16.8. The van der Waals surface area contributed by atoms with Gasteiger partial charge in [0.05, 0.1) is 5.92 Å². The number of rotatable bonds is 6. The van der Waals surface area contributed by atoms with E-state index in [9.17, 15) is 9.59 Å². The fraction of sp³-hybridized carbons (Fsp3) is 0.611. The van der Waals surface area contributed by atoms with Gasteiger partial charge in [-0.1, -0.05) is 6.42 Å². The summed E-state index contributed by atoms with van der Waals surface area (Å²) in [5.74, 6) is -0.166. The number of aromatic nitrogens is 1. The lowest BCUT2D eigenvalue weighted by atomic mass is 10.0. The van der Waals surface area contributed by atoms with E-state index in [1.54, 1.807) is 24.5 Å². The Hall–Kier alpha value is -1.95. The van der Waals surface area contributed by atoms with Gasteiger partial charge in [0.1, 0.15) is 0 Å². The van der Waals surface area contributed by atoms with Gasteiger partial charge >= 0.3 is 0 Å². The summed E-state index contributed by atoms with van der Waals surface area (Å²) in [6.07, 6.45) is 8.42. The summed E-state index contributed by atoms with van der Waals surface area (Å²) in [6, 6.07) is 3.31. The monoisotopic (exact) mass is 330 g/mol. The standard InChI is InChI=1S/C18H26N4O2/c23-17(14-6-8-19-9-7-14)21-16-5-3-4-15(16)18(24)20-10-13-22-11-1-2-12-22/h6-9,15-16H,1-5,10-13H2,(H,20,24)(H,21,23)/t15-,16+/m0/s1. The van der Waals surface area contributed by atoms with E-state index >= 15 is 0 Å². The molecule has 130 valence electrons. The van der Waals surface area contributed by atoms with Crippen LogP contribution in [-0.2, 0) is 4.79 Å². The Morgan fingerprint density at radius 3 is 2.62 bits per heavy atom. The maximum absolute atomic E-state index is 12.5. The van der Waals surface area contributed by atoms with Crippen molar-refractivity contribution in [3.63, 3.8) is 0 Å². The molecular weight excluding hydrogens is 304 g/mol. The fourth-order valence-corrected chi connectivity index (χ4v) is 3.68. The highest BCUT2D eigenvalue weighted by Gasteiger charge is 2.34. The molecule has 2 heterocycles. The smallest absolute Gasteiger partial charge is 0.251 e. The molecule has 6 heteroatoms. The van der Waals surface area contributed by atoms with Gasteiger partial charge in [-0.2, -0.15) is 0 Å². The average Bonchev–Trinajstić information content (AvgIpc) is 3.27. The van der Waals surface area contributed by atoms with Gasteiger partial charge in [-0.3, -0.25) is 14.6 Å². The molecule has 2 N–H and O–H groups in total. The quantitative estimate of drug-likeness (QED) is 0.822. The van der Waals surface area contributed by atoms with Crippen LogP contribution in [-0.4, -0.2) is 53.9 Å². The molecule has 0 radical (unpaired) electrons. The Labute approximate surface area is 143 Å². The molecule has 0 unspecified atom stereocenters. The molecule has 1 aromatic rings. The van der Waals surface area contributed by atoms with Crippen LogP contribution in [0.5, 0.6) is 0 Å². The normalized spacial score (nSPS) is 24.0. The van der Waals surface area contributed by atoms with E-state index in [0.717, 1.165) is 38.9 Å². The summed E-state index contributed by atoms with van der Waals surface area (Å²) in [5.41, 5.74) is 0.588. The maximum atomic E-state index is 12.5. The second kappa shape index (κ2) is 8.24. The predicted molar refractivity (Wildman–Crippen MR) is 91.5 cm³/mol. The Morgan fingerprint density at radius 1 is 1.12 bits per heavy atom. The SMILES string of the molecule is O=C(N[C@@H]1CCC[C@@H]1C(=O)NCCN1CCCC1)c1ccncc1. The molecule has 6 nitrogen and oxygen atoms in total. The van der Waals surface area contributed by atoms with Gasteiger partial charge in [0.15, 0.2) is 0 Å². The van der Waals surface area contributed by atoms with Crippen LogP contribution < -0.4 is 10.6 Å². The second-order valence-corrected chi connectivity index (χ2v) is 6.69. The molecule has 2 aliphatic rings. The molecule has 1 aliphatic carbocycles. The van der Waals surface area contributed by atoms with E-state index in [0.29, 0.717) is 12.1 Å². The van der Waals surface area contributed by atoms with Gasteiger partial charge in [-0.15, -0.1) is 0 Å². The first-order valence-corrected chi connectivity index (χ1v) is 8.95. The van der Waals surface area contributed by atoms with Gasteiger partial charge < -0.3 is 15.5 Å². The first-order chi connectivity index (χ1) is 11.7. The fourth-order valence-electron chi connectivity index (χ4n) is 3.68. The minimum absolute atomic E-state index is 0.0718. The number of amides is 2. The van der Waals surface area contributed by atoms with Crippen LogP contribution in [0.4, 0.5) is 0 Å². The van der Waals surface area contributed by atoms with Crippen molar-refractivity contribution in [2.45, 2.75) is 38.1 Å². The third kappa shape index (κ3) is 4.32. The highest BCUT2D eigenvalue weighted by molar-refractivity contribution is 5.94. The van der Waals surface area contributed by atoms with E-state index < -0.39 is 0 Å². The van der Waals surface area contributed by atoms with Crippen molar-refractivity contribution in [1.82, 2.24) is 20.5 Å². The molecule has 2 atom stereocenters. The largest absolute Gasteiger partial charge is 0.355 e. The van der Waals surface area contributed by atoms with Gasteiger partial charge in [-0.25, -0.2) is 0 Å². The summed E-state index contributed by atoms with van der Waals surface area (Å²) in [7, 11) is 0. The number of nitrogens with zero attached hydrogens (tertiary/aromatic N) is 2. The van der Waals surface area contributed by atoms with Crippen molar-refractivity contribution in [3.05, 3.63) is 30.1 Å². The van der Waals surface area contributed by atoms with Crippen LogP contribution in [0.2, 0.25) is 0 Å². The maximum Gasteiger partial charge on any atom is 0.251 e. The topological polar surface area (TPSA) is 74.3 Å². The van der Waals surface area contributed by atoms with Gasteiger partial charge in [0.25, 0.3) is 5.91 Å². The van der Waals surface area contributed by atoms with Crippen LogP contribution in [0.25, 0.3) is 0 Å². The highest BCUT2D eigenvalue weighted by Crippen LogP contribution is 2.26. The van der Waals surface area contributed by atoms with Crippen molar-refractivity contribution < 1.29 is 9.59 Å². The summed E-state index contributed by atoms with van der Waals surface area (Å²) >= 11 is 0. The zero-order valence-corrected chi connectivity index (χ0v) is 14.0. The Bertz CT molecular complexity index is 557. The molecule has 1 saturated heterocycles. The average molecular weight is 330 g/mol. The molecule has 1 saturated carbocycles. The number of hydrogen-bond acceptors (Lipinski definition) is 4. The minimum Gasteiger partial charge on any atom is -0.355 e. The van der Waals surface area contributed by atoms with Crippen LogP contribution >= 0.6 is 0 Å². The van der Waals surface area contributed by atoms with E-state index in [2.05, 4.69) is 20.5 Å². The van der Waals surface area contributed by atoms with Crippen molar-refractivity contribution >= 4 is 11.8 Å². The summed E-state index contributed by atoms with van der Waals surface area (Å²) in [4.78, 5) is 31.0. The molecule has 3 rings (SSSR count). The third-order valence-electron chi connectivity index (χ3n) is 5.04. The van der Waals surface area contributed by atoms with E-state index in [4.69, 9.17) is 0 Å². The van der Waals surface area contributed by atoms with Crippen molar-refractivity contribution in [1.29, 1.82) is 0 Å².